The van der Waals surface area contributed by atoms with E-state index in [-0.39, 0.29) is 5.97 Å². The number of carbonyl (C=O) groups excluding carboxylic acids is 1. The summed E-state index contributed by atoms with van der Waals surface area (Å²) in [4.78, 5) is 11.1. The number of esters is 1. The highest BCUT2D eigenvalue weighted by molar-refractivity contribution is 5.68. The van der Waals surface area contributed by atoms with E-state index < -0.39 is 0 Å². The Labute approximate surface area is 201 Å². The van der Waals surface area contributed by atoms with Crippen LogP contribution in [-0.4, -0.2) is 25.8 Å². The van der Waals surface area contributed by atoms with Crippen LogP contribution in [-0.2, 0) is 14.3 Å². The van der Waals surface area contributed by atoms with E-state index >= 15 is 0 Å². The third kappa shape index (κ3) is 25.7. The van der Waals surface area contributed by atoms with Crippen molar-refractivity contribution in [3.8, 4) is 0 Å². The first-order chi connectivity index (χ1) is 15.7. The molecule has 0 N–H and O–H groups in total. The molecule has 0 aromatic rings. The van der Waals surface area contributed by atoms with Crippen molar-refractivity contribution >= 4 is 5.97 Å². The van der Waals surface area contributed by atoms with Crippen LogP contribution in [0.15, 0.2) is 0 Å². The molecule has 0 aliphatic rings. The molecule has 0 aliphatic carbocycles. The summed E-state index contributed by atoms with van der Waals surface area (Å²) < 4.78 is 10.9. The lowest BCUT2D eigenvalue weighted by Crippen LogP contribution is -2.13. The van der Waals surface area contributed by atoms with E-state index in [9.17, 15) is 4.79 Å². The first-order valence-electron chi connectivity index (χ1n) is 14.4. The lowest BCUT2D eigenvalue weighted by atomic mass is 10.0. The van der Waals surface area contributed by atoms with Crippen LogP contribution in [0.1, 0.15) is 156 Å². The molecule has 0 heterocycles. The van der Waals surface area contributed by atoms with E-state index in [2.05, 4.69) is 13.8 Å². The second-order valence-electron chi connectivity index (χ2n) is 9.91. The van der Waals surface area contributed by atoms with E-state index in [0.29, 0.717) is 18.9 Å². The van der Waals surface area contributed by atoms with E-state index in [4.69, 9.17) is 9.47 Å². The topological polar surface area (TPSA) is 35.5 Å². The fourth-order valence-electron chi connectivity index (χ4n) is 4.09. The van der Waals surface area contributed by atoms with Gasteiger partial charge in [-0.3, -0.25) is 4.79 Å². The van der Waals surface area contributed by atoms with Crippen molar-refractivity contribution in [3.05, 3.63) is 0 Å². The van der Waals surface area contributed by atoms with Gasteiger partial charge in [-0.25, -0.2) is 0 Å². The number of carbonyl (C=O) groups is 1. The molecular weight excluding hydrogens is 396 g/mol. The molecule has 0 rings (SSSR count). The molecule has 0 aromatic heterocycles. The molecule has 0 saturated carbocycles. The quantitative estimate of drug-likeness (QED) is 0.0964. The highest BCUT2D eigenvalue weighted by Gasteiger charge is 2.05. The molecule has 0 spiro atoms. The Morgan fingerprint density at radius 1 is 0.594 bits per heavy atom. The summed E-state index contributed by atoms with van der Waals surface area (Å²) in [5, 5.41) is 0. The smallest absolute Gasteiger partial charge is 0.305 e. The molecule has 0 fully saturated rings. The molecule has 3 heteroatoms. The molecule has 0 aliphatic heterocycles. The van der Waals surface area contributed by atoms with Gasteiger partial charge in [-0.05, 0) is 18.8 Å². The Balaban J connectivity index is 3.10. The van der Waals surface area contributed by atoms with Crippen LogP contribution in [0.4, 0.5) is 0 Å². The average Bonchev–Trinajstić information content (AvgIpc) is 2.80. The van der Waals surface area contributed by atoms with Crippen LogP contribution in [0.3, 0.4) is 0 Å². The Bertz CT molecular complexity index is 369. The second kappa shape index (κ2) is 26.7. The van der Waals surface area contributed by atoms with Crippen molar-refractivity contribution in [2.24, 2.45) is 5.92 Å². The molecule has 0 radical (unpaired) electrons. The predicted molar refractivity (Wildman–Crippen MR) is 139 cm³/mol. The summed E-state index contributed by atoms with van der Waals surface area (Å²) in [5.41, 5.74) is 0. The number of hydrogen-bond donors (Lipinski definition) is 0. The van der Waals surface area contributed by atoms with Gasteiger partial charge in [0.2, 0.25) is 0 Å². The van der Waals surface area contributed by atoms with Crippen molar-refractivity contribution in [2.75, 3.05) is 19.8 Å². The Hall–Kier alpha value is -0.570. The van der Waals surface area contributed by atoms with Crippen LogP contribution in [0, 0.1) is 5.92 Å². The van der Waals surface area contributed by atoms with Crippen molar-refractivity contribution in [1.82, 2.24) is 0 Å². The van der Waals surface area contributed by atoms with Crippen LogP contribution in [0.5, 0.6) is 0 Å². The van der Waals surface area contributed by atoms with Crippen LogP contribution in [0.25, 0.3) is 0 Å². The van der Waals surface area contributed by atoms with Crippen LogP contribution in [0.2, 0.25) is 0 Å². The normalized spacial score (nSPS) is 12.2. The van der Waals surface area contributed by atoms with Crippen LogP contribution < -0.4 is 0 Å². The summed E-state index contributed by atoms with van der Waals surface area (Å²) in [7, 11) is 0. The van der Waals surface area contributed by atoms with Gasteiger partial charge in [0.25, 0.3) is 0 Å². The summed E-state index contributed by atoms with van der Waals surface area (Å²) in [6.45, 7) is 8.42. The van der Waals surface area contributed by atoms with E-state index in [1.165, 1.54) is 122 Å². The molecule has 192 valence electrons. The van der Waals surface area contributed by atoms with E-state index in [0.717, 1.165) is 19.6 Å². The van der Waals surface area contributed by atoms with Gasteiger partial charge in [-0.2, -0.15) is 0 Å². The van der Waals surface area contributed by atoms with Gasteiger partial charge < -0.3 is 9.47 Å². The van der Waals surface area contributed by atoms with Gasteiger partial charge in [0.05, 0.1) is 6.61 Å². The fourth-order valence-corrected chi connectivity index (χ4v) is 4.09. The Morgan fingerprint density at radius 2 is 1.00 bits per heavy atom. The van der Waals surface area contributed by atoms with Crippen molar-refractivity contribution in [3.63, 3.8) is 0 Å². The summed E-state index contributed by atoms with van der Waals surface area (Å²) >= 11 is 0. The first kappa shape index (κ1) is 31.4. The van der Waals surface area contributed by atoms with Gasteiger partial charge in [-0.15, -0.1) is 0 Å². The fraction of sp³-hybridized carbons (Fsp3) is 0.966. The molecule has 1 unspecified atom stereocenters. The molecular formula is C29H58O3. The van der Waals surface area contributed by atoms with Crippen molar-refractivity contribution < 1.29 is 14.3 Å². The zero-order valence-electron chi connectivity index (χ0n) is 22.3. The van der Waals surface area contributed by atoms with Crippen molar-refractivity contribution in [1.29, 1.82) is 0 Å². The number of unbranched alkanes of at least 4 members (excludes halogenated alkanes) is 18. The molecule has 3 nitrogen and oxygen atoms in total. The monoisotopic (exact) mass is 454 g/mol. The number of ether oxygens (including phenoxy) is 2. The third-order valence-electron chi connectivity index (χ3n) is 6.46. The summed E-state index contributed by atoms with van der Waals surface area (Å²) in [6.07, 6.45) is 28.3. The second-order valence-corrected chi connectivity index (χ2v) is 9.91. The maximum Gasteiger partial charge on any atom is 0.305 e. The highest BCUT2D eigenvalue weighted by atomic mass is 16.5. The standard InChI is InChI=1S/C29H58O3/c1-4-6-7-8-9-10-11-12-13-14-15-16-17-18-19-20-21-22-23-25-31-26-24-28(3)27-32-29(30)5-2/h28H,4-27H2,1-3H3. The van der Waals surface area contributed by atoms with E-state index in [1.54, 1.807) is 0 Å². The van der Waals surface area contributed by atoms with Crippen molar-refractivity contribution in [2.45, 2.75) is 156 Å². The Kier molecular flexibility index (Phi) is 26.2. The third-order valence-corrected chi connectivity index (χ3v) is 6.46. The van der Waals surface area contributed by atoms with Crippen LogP contribution >= 0.6 is 0 Å². The number of hydrogen-bond acceptors (Lipinski definition) is 3. The molecule has 32 heavy (non-hydrogen) atoms. The zero-order chi connectivity index (χ0) is 23.5. The molecule has 0 amide bonds. The summed E-state index contributed by atoms with van der Waals surface area (Å²) in [6, 6.07) is 0. The van der Waals surface area contributed by atoms with Gasteiger partial charge in [0.15, 0.2) is 0 Å². The van der Waals surface area contributed by atoms with Gasteiger partial charge in [0, 0.05) is 19.6 Å². The van der Waals surface area contributed by atoms with Gasteiger partial charge in [-0.1, -0.05) is 136 Å². The predicted octanol–water partition coefficient (Wildman–Crippen LogP) is 9.41. The minimum absolute atomic E-state index is 0.105. The minimum Gasteiger partial charge on any atom is -0.465 e. The lowest BCUT2D eigenvalue weighted by Gasteiger charge is -2.12. The first-order valence-corrected chi connectivity index (χ1v) is 14.4. The number of rotatable bonds is 26. The Morgan fingerprint density at radius 3 is 1.41 bits per heavy atom. The molecule has 1 atom stereocenters. The van der Waals surface area contributed by atoms with E-state index in [1.807, 2.05) is 6.92 Å². The highest BCUT2D eigenvalue weighted by Crippen LogP contribution is 2.14. The zero-order valence-corrected chi connectivity index (χ0v) is 22.3. The van der Waals surface area contributed by atoms with Gasteiger partial charge >= 0.3 is 5.97 Å². The molecule has 0 aromatic carbocycles. The molecule has 0 saturated heterocycles. The van der Waals surface area contributed by atoms with Gasteiger partial charge in [0.1, 0.15) is 0 Å². The lowest BCUT2D eigenvalue weighted by molar-refractivity contribution is -0.144. The SMILES string of the molecule is CCCCCCCCCCCCCCCCCCCCCOCCC(C)COC(=O)CC. The summed E-state index contributed by atoms with van der Waals surface area (Å²) in [5.74, 6) is 0.280. The maximum absolute atomic E-state index is 11.1. The molecule has 0 bridgehead atoms. The maximum atomic E-state index is 11.1. The average molecular weight is 455 g/mol. The largest absolute Gasteiger partial charge is 0.465 e. The minimum atomic E-state index is -0.105.